The van der Waals surface area contributed by atoms with Gasteiger partial charge in [0.15, 0.2) is 0 Å². The first kappa shape index (κ1) is 16.7. The van der Waals surface area contributed by atoms with Crippen LogP contribution in [0.1, 0.15) is 56.3 Å². The van der Waals surface area contributed by atoms with Gasteiger partial charge >= 0.3 is 0 Å². The third-order valence-corrected chi connectivity index (χ3v) is 7.68. The molecule has 0 aromatic heterocycles. The number of allylic oxidation sites excluding steroid dienone is 10. The van der Waals surface area contributed by atoms with Gasteiger partial charge in [-0.3, -0.25) is 0 Å². The lowest BCUT2D eigenvalue weighted by Crippen LogP contribution is -2.11. The monoisotopic (exact) mass is 384 g/mol. The van der Waals surface area contributed by atoms with Crippen LogP contribution in [0.4, 0.5) is 0 Å². The molecule has 0 fully saturated rings. The molecule has 0 heterocycles. The maximum atomic E-state index is 2.46. The van der Waals surface area contributed by atoms with E-state index in [1.807, 2.05) is 0 Å². The van der Waals surface area contributed by atoms with E-state index in [4.69, 9.17) is 0 Å². The van der Waals surface area contributed by atoms with Gasteiger partial charge in [0.2, 0.25) is 0 Å². The number of hydrogen-bond donors (Lipinski definition) is 0. The molecule has 7 rings (SSSR count). The van der Waals surface area contributed by atoms with E-state index < -0.39 is 0 Å². The number of rotatable bonds is 0. The largest absolute Gasteiger partial charge is 0.0726 e. The Labute approximate surface area is 178 Å². The Balaban J connectivity index is 1.30. The van der Waals surface area contributed by atoms with Gasteiger partial charge in [-0.2, -0.15) is 0 Å². The molecule has 0 spiro atoms. The summed E-state index contributed by atoms with van der Waals surface area (Å²) in [4.78, 5) is 0. The molecule has 0 saturated carbocycles. The average Bonchev–Trinajstić information content (AvgIpc) is 3.33. The van der Waals surface area contributed by atoms with Gasteiger partial charge in [-0.15, -0.1) is 0 Å². The first-order valence-corrected chi connectivity index (χ1v) is 11.3. The number of hydrogen-bond acceptors (Lipinski definition) is 0. The number of fused-ring (bicyclic) bond motifs is 10. The van der Waals surface area contributed by atoms with E-state index in [2.05, 4.69) is 85.0 Å². The van der Waals surface area contributed by atoms with Crippen molar-refractivity contribution in [3.8, 4) is 0 Å². The molecule has 0 nitrogen and oxygen atoms in total. The van der Waals surface area contributed by atoms with E-state index in [0.29, 0.717) is 11.8 Å². The molecule has 2 aromatic rings. The Morgan fingerprint density at radius 3 is 1.53 bits per heavy atom. The summed E-state index contributed by atoms with van der Waals surface area (Å²) in [5.74, 6) is 0.930. The summed E-state index contributed by atoms with van der Waals surface area (Å²) in [5.41, 5.74) is 15.3. The van der Waals surface area contributed by atoms with Gasteiger partial charge in [0, 0.05) is 11.8 Å². The maximum Gasteiger partial charge on any atom is 0.0278 e. The van der Waals surface area contributed by atoms with Gasteiger partial charge in [0.1, 0.15) is 0 Å². The van der Waals surface area contributed by atoms with Crippen molar-refractivity contribution < 1.29 is 0 Å². The van der Waals surface area contributed by atoms with E-state index in [1.165, 1.54) is 33.4 Å². The first-order chi connectivity index (χ1) is 14.9. The molecular formula is C30H24. The van der Waals surface area contributed by atoms with Gasteiger partial charge in [-0.25, -0.2) is 0 Å². The predicted molar refractivity (Wildman–Crippen MR) is 126 cm³/mol. The lowest BCUT2D eigenvalue weighted by molar-refractivity contribution is 0.830. The summed E-state index contributed by atoms with van der Waals surface area (Å²) in [7, 11) is 0. The van der Waals surface area contributed by atoms with Crippen LogP contribution in [0.2, 0.25) is 0 Å². The van der Waals surface area contributed by atoms with Gasteiger partial charge in [-0.05, 0) is 81.3 Å². The van der Waals surface area contributed by atoms with E-state index >= 15 is 0 Å². The lowest BCUT2D eigenvalue weighted by Gasteiger charge is -2.22. The summed E-state index contributed by atoms with van der Waals surface area (Å²) in [6.45, 7) is 0. The van der Waals surface area contributed by atoms with Gasteiger partial charge in [-0.1, -0.05) is 85.0 Å². The summed E-state index contributed by atoms with van der Waals surface area (Å²) in [6, 6.07) is 9.65. The van der Waals surface area contributed by atoms with Crippen LogP contribution in [-0.4, -0.2) is 0 Å². The fourth-order valence-electron chi connectivity index (χ4n) is 6.21. The van der Waals surface area contributed by atoms with Crippen molar-refractivity contribution in [2.24, 2.45) is 0 Å². The lowest BCUT2D eigenvalue weighted by atomic mass is 9.82. The minimum Gasteiger partial charge on any atom is -0.0726 e. The molecule has 5 aliphatic carbocycles. The third kappa shape index (κ3) is 2.28. The van der Waals surface area contributed by atoms with Crippen molar-refractivity contribution in [2.45, 2.75) is 37.5 Å². The third-order valence-electron chi connectivity index (χ3n) is 7.68. The molecule has 0 radical (unpaired) electrons. The number of benzene rings is 2. The predicted octanol–water partition coefficient (Wildman–Crippen LogP) is 6.78. The molecule has 2 aromatic carbocycles. The van der Waals surface area contributed by atoms with Crippen LogP contribution in [-0.2, 0) is 25.7 Å². The van der Waals surface area contributed by atoms with Crippen LogP contribution >= 0.6 is 0 Å². The van der Waals surface area contributed by atoms with Gasteiger partial charge in [0.25, 0.3) is 0 Å². The SMILES string of the molecule is C1=CC2=Cc3c(ccc4c3CCc3ccc5c(c3CC4)C=C3C=CC=CC35)C2C=C1. The smallest absolute Gasteiger partial charge is 0.0278 e. The molecular weight excluding hydrogens is 360 g/mol. The van der Waals surface area contributed by atoms with E-state index in [-0.39, 0.29) is 0 Å². The van der Waals surface area contributed by atoms with Crippen molar-refractivity contribution >= 4 is 12.2 Å². The topological polar surface area (TPSA) is 0 Å². The van der Waals surface area contributed by atoms with Crippen LogP contribution in [0.5, 0.6) is 0 Å². The molecule has 0 saturated heterocycles. The van der Waals surface area contributed by atoms with Gasteiger partial charge in [0.05, 0.1) is 0 Å². The molecule has 2 unspecified atom stereocenters. The molecule has 0 heteroatoms. The Bertz CT molecular complexity index is 1180. The molecule has 0 bridgehead atoms. The Kier molecular flexibility index (Phi) is 3.44. The van der Waals surface area contributed by atoms with E-state index in [9.17, 15) is 0 Å². The normalized spacial score (nSPS) is 24.0. The number of aryl methyl sites for hydroxylation is 2. The second-order valence-electron chi connectivity index (χ2n) is 9.14. The van der Waals surface area contributed by atoms with Crippen molar-refractivity contribution in [1.29, 1.82) is 0 Å². The maximum absolute atomic E-state index is 2.46. The highest BCUT2D eigenvalue weighted by Gasteiger charge is 2.29. The molecule has 144 valence electrons. The van der Waals surface area contributed by atoms with Crippen LogP contribution in [0, 0.1) is 0 Å². The van der Waals surface area contributed by atoms with Crippen molar-refractivity contribution in [3.63, 3.8) is 0 Å². The molecule has 5 aliphatic rings. The minimum absolute atomic E-state index is 0.465. The zero-order chi connectivity index (χ0) is 19.7. The highest BCUT2D eigenvalue weighted by Crippen LogP contribution is 2.45. The quantitative estimate of drug-likeness (QED) is 0.469. The Hall–Kier alpha value is -3.12. The second-order valence-corrected chi connectivity index (χ2v) is 9.14. The first-order valence-electron chi connectivity index (χ1n) is 11.3. The summed E-state index contributed by atoms with van der Waals surface area (Å²) >= 11 is 0. The van der Waals surface area contributed by atoms with Crippen molar-refractivity contribution in [2.75, 3.05) is 0 Å². The molecule has 2 atom stereocenters. The van der Waals surface area contributed by atoms with E-state index in [0.717, 1.165) is 25.7 Å². The molecule has 0 N–H and O–H groups in total. The summed E-state index contributed by atoms with van der Waals surface area (Å²) < 4.78 is 0. The van der Waals surface area contributed by atoms with E-state index in [1.54, 1.807) is 22.3 Å². The molecule has 0 amide bonds. The zero-order valence-corrected chi connectivity index (χ0v) is 17.1. The fraction of sp³-hybridized carbons (Fsp3) is 0.200. The van der Waals surface area contributed by atoms with Crippen LogP contribution in [0.25, 0.3) is 12.2 Å². The summed E-state index contributed by atoms with van der Waals surface area (Å²) in [5, 5.41) is 0. The summed E-state index contributed by atoms with van der Waals surface area (Å²) in [6.07, 6.45) is 27.5. The Morgan fingerprint density at radius 2 is 1.03 bits per heavy atom. The van der Waals surface area contributed by atoms with Crippen LogP contribution in [0.15, 0.2) is 84.0 Å². The molecule has 30 heavy (non-hydrogen) atoms. The van der Waals surface area contributed by atoms with Crippen LogP contribution in [0.3, 0.4) is 0 Å². The molecule has 0 aliphatic heterocycles. The Morgan fingerprint density at radius 1 is 0.533 bits per heavy atom. The van der Waals surface area contributed by atoms with Crippen molar-refractivity contribution in [3.05, 3.63) is 129 Å². The second kappa shape index (κ2) is 6.19. The zero-order valence-electron chi connectivity index (χ0n) is 17.1. The average molecular weight is 385 g/mol. The highest BCUT2D eigenvalue weighted by molar-refractivity contribution is 5.76. The fourth-order valence-corrected chi connectivity index (χ4v) is 6.21. The van der Waals surface area contributed by atoms with Gasteiger partial charge < -0.3 is 0 Å². The standard InChI is InChI=1S/C30H24/c1-3-7-23-21(5-1)17-29-25-13-9-20-12-16-28-24-8-4-2-6-22(24)18-30(28)26(20)14-10-19(25)11-15-27(23)29/h1-8,11-12,15-18,23-24H,9-10,13-14H2. The van der Waals surface area contributed by atoms with Crippen molar-refractivity contribution in [1.82, 2.24) is 0 Å². The minimum atomic E-state index is 0.465. The van der Waals surface area contributed by atoms with Crippen LogP contribution < -0.4 is 0 Å². The highest BCUT2D eigenvalue weighted by atomic mass is 14.3.